The monoisotopic (exact) mass is 382 g/mol. The lowest BCUT2D eigenvalue weighted by Gasteiger charge is -2.54. The Bertz CT molecular complexity index is 898. The van der Waals surface area contributed by atoms with Crippen molar-refractivity contribution in [1.82, 2.24) is 4.90 Å². The molecule has 140 valence electrons. The second-order valence-electron chi connectivity index (χ2n) is 7.71. The molecule has 5 heteroatoms. The van der Waals surface area contributed by atoms with Crippen LogP contribution < -0.4 is 4.74 Å². The molecule has 1 saturated heterocycles. The quantitative estimate of drug-likeness (QED) is 0.746. The third-order valence-electron chi connectivity index (χ3n) is 5.24. The van der Waals surface area contributed by atoms with Crippen molar-refractivity contribution in [3.8, 4) is 11.8 Å². The lowest BCUT2D eigenvalue weighted by Crippen LogP contribution is -2.71. The van der Waals surface area contributed by atoms with Gasteiger partial charge in [0, 0.05) is 11.6 Å². The van der Waals surface area contributed by atoms with Crippen LogP contribution in [-0.2, 0) is 0 Å². The number of benzene rings is 2. The summed E-state index contributed by atoms with van der Waals surface area (Å²) < 4.78 is 6.03. The molecule has 0 bridgehead atoms. The van der Waals surface area contributed by atoms with E-state index >= 15 is 0 Å². The van der Waals surface area contributed by atoms with Gasteiger partial charge in [-0.1, -0.05) is 37.6 Å². The van der Waals surface area contributed by atoms with Crippen molar-refractivity contribution >= 4 is 17.5 Å². The number of nitrogens with zero attached hydrogens (tertiary/aromatic N) is 2. The molecule has 27 heavy (non-hydrogen) atoms. The van der Waals surface area contributed by atoms with Gasteiger partial charge < -0.3 is 9.64 Å². The van der Waals surface area contributed by atoms with Crippen molar-refractivity contribution in [3.63, 3.8) is 0 Å². The van der Waals surface area contributed by atoms with Crippen LogP contribution in [0.3, 0.4) is 0 Å². The number of likely N-dealkylation sites (tertiary alicyclic amines) is 1. The minimum Gasteiger partial charge on any atom is -0.486 e. The first-order chi connectivity index (χ1) is 12.7. The zero-order valence-electron chi connectivity index (χ0n) is 16.0. The summed E-state index contributed by atoms with van der Waals surface area (Å²) in [6, 6.07) is 14.9. The Kier molecular flexibility index (Phi) is 5.17. The molecule has 2 aromatic rings. The van der Waals surface area contributed by atoms with Crippen LogP contribution in [0.5, 0.6) is 5.75 Å². The van der Waals surface area contributed by atoms with Crippen molar-refractivity contribution in [2.75, 3.05) is 6.54 Å². The van der Waals surface area contributed by atoms with E-state index in [-0.39, 0.29) is 12.0 Å². The van der Waals surface area contributed by atoms with Crippen LogP contribution in [0.15, 0.2) is 42.5 Å². The summed E-state index contributed by atoms with van der Waals surface area (Å²) in [6.07, 6.45) is -0.139. The van der Waals surface area contributed by atoms with E-state index in [4.69, 9.17) is 21.6 Å². The highest BCUT2D eigenvalue weighted by Crippen LogP contribution is 2.36. The summed E-state index contributed by atoms with van der Waals surface area (Å²) in [5, 5.41) is 9.33. The summed E-state index contributed by atoms with van der Waals surface area (Å²) in [6.45, 7) is 8.76. The molecular formula is C22H23ClN2O2. The topological polar surface area (TPSA) is 53.3 Å². The number of rotatable bonds is 4. The minimum absolute atomic E-state index is 0.00742. The molecule has 0 N–H and O–H groups in total. The molecule has 0 unspecified atom stereocenters. The molecule has 1 atom stereocenters. The van der Waals surface area contributed by atoms with E-state index in [1.807, 2.05) is 49.1 Å². The van der Waals surface area contributed by atoms with Crippen molar-refractivity contribution in [3.05, 3.63) is 64.2 Å². The SMILES string of the molecule is CC(C)c1ccc(C(=O)N2C[C@@H](Oc3ccc(C#N)c(Cl)c3)C2(C)C)cc1. The number of ether oxygens (including phenoxy) is 1. The van der Waals surface area contributed by atoms with Crippen LogP contribution in [0, 0.1) is 11.3 Å². The lowest BCUT2D eigenvalue weighted by atomic mass is 9.84. The molecule has 2 aromatic carbocycles. The summed E-state index contributed by atoms with van der Waals surface area (Å²) in [7, 11) is 0. The van der Waals surface area contributed by atoms with Gasteiger partial charge in [0.15, 0.2) is 0 Å². The van der Waals surface area contributed by atoms with Gasteiger partial charge in [-0.25, -0.2) is 0 Å². The molecular weight excluding hydrogens is 360 g/mol. The molecule has 1 aliphatic heterocycles. The Morgan fingerprint density at radius 1 is 1.26 bits per heavy atom. The van der Waals surface area contributed by atoms with E-state index in [0.717, 1.165) is 0 Å². The smallest absolute Gasteiger partial charge is 0.254 e. The molecule has 1 aliphatic rings. The predicted molar refractivity (Wildman–Crippen MR) is 106 cm³/mol. The van der Waals surface area contributed by atoms with Crippen molar-refractivity contribution in [2.45, 2.75) is 45.3 Å². The minimum atomic E-state index is -0.436. The van der Waals surface area contributed by atoms with Gasteiger partial charge in [-0.2, -0.15) is 5.26 Å². The van der Waals surface area contributed by atoms with Crippen LogP contribution in [-0.4, -0.2) is 29.0 Å². The van der Waals surface area contributed by atoms with E-state index in [2.05, 4.69) is 13.8 Å². The molecule has 4 nitrogen and oxygen atoms in total. The first-order valence-corrected chi connectivity index (χ1v) is 9.40. The number of halogens is 1. The highest BCUT2D eigenvalue weighted by atomic mass is 35.5. The zero-order valence-corrected chi connectivity index (χ0v) is 16.7. The summed E-state index contributed by atoms with van der Waals surface area (Å²) in [5.41, 5.74) is 1.88. The second kappa shape index (κ2) is 7.25. The second-order valence-corrected chi connectivity index (χ2v) is 8.11. The van der Waals surface area contributed by atoms with Gasteiger partial charge in [0.25, 0.3) is 5.91 Å². The van der Waals surface area contributed by atoms with Gasteiger partial charge in [0.05, 0.1) is 22.7 Å². The summed E-state index contributed by atoms with van der Waals surface area (Å²) in [4.78, 5) is 14.7. The Morgan fingerprint density at radius 3 is 2.44 bits per heavy atom. The average molecular weight is 383 g/mol. The summed E-state index contributed by atoms with van der Waals surface area (Å²) >= 11 is 6.07. The standard InChI is InChI=1S/C22H23ClN2O2/c1-14(2)15-5-7-16(8-6-15)21(26)25-13-20(22(25,3)4)27-18-10-9-17(12-24)19(23)11-18/h5-11,14,20H,13H2,1-4H3/t20-/m1/s1. The highest BCUT2D eigenvalue weighted by molar-refractivity contribution is 6.31. The van der Waals surface area contributed by atoms with Gasteiger partial charge in [-0.05, 0) is 49.6 Å². The highest BCUT2D eigenvalue weighted by Gasteiger charge is 2.50. The van der Waals surface area contributed by atoms with E-state index in [9.17, 15) is 4.79 Å². The van der Waals surface area contributed by atoms with E-state index < -0.39 is 5.54 Å². The Morgan fingerprint density at radius 2 is 1.93 bits per heavy atom. The summed E-state index contributed by atoms with van der Waals surface area (Å²) in [5.74, 6) is 1.05. The van der Waals surface area contributed by atoms with Gasteiger partial charge in [0.2, 0.25) is 0 Å². The largest absolute Gasteiger partial charge is 0.486 e. The van der Waals surface area contributed by atoms with Crippen molar-refractivity contribution < 1.29 is 9.53 Å². The van der Waals surface area contributed by atoms with Crippen LogP contribution in [0.2, 0.25) is 5.02 Å². The molecule has 1 heterocycles. The lowest BCUT2D eigenvalue weighted by molar-refractivity contribution is -0.0788. The predicted octanol–water partition coefficient (Wildman–Crippen LogP) is 5.02. The molecule has 0 saturated carbocycles. The van der Waals surface area contributed by atoms with Crippen molar-refractivity contribution in [1.29, 1.82) is 5.26 Å². The normalized spacial score (nSPS) is 18.0. The van der Waals surface area contributed by atoms with Crippen LogP contribution >= 0.6 is 11.6 Å². The Balaban J connectivity index is 1.69. The number of carbonyl (C=O) groups is 1. The average Bonchev–Trinajstić information content (AvgIpc) is 2.64. The maximum atomic E-state index is 12.9. The molecule has 0 radical (unpaired) electrons. The van der Waals surface area contributed by atoms with Crippen molar-refractivity contribution in [2.24, 2.45) is 0 Å². The first-order valence-electron chi connectivity index (χ1n) is 9.02. The third kappa shape index (κ3) is 3.65. The molecule has 0 aromatic heterocycles. The molecule has 0 spiro atoms. The fourth-order valence-electron chi connectivity index (χ4n) is 3.20. The van der Waals surface area contributed by atoms with E-state index in [1.165, 1.54) is 5.56 Å². The molecule has 3 rings (SSSR count). The van der Waals surface area contributed by atoms with Gasteiger partial charge in [0.1, 0.15) is 17.9 Å². The maximum absolute atomic E-state index is 12.9. The van der Waals surface area contributed by atoms with Gasteiger partial charge in [-0.3, -0.25) is 4.79 Å². The molecule has 1 amide bonds. The number of nitriles is 1. The first kappa shape index (κ1) is 19.3. The number of hydrogen-bond donors (Lipinski definition) is 0. The maximum Gasteiger partial charge on any atom is 0.254 e. The van der Waals surface area contributed by atoms with Gasteiger partial charge >= 0.3 is 0 Å². The van der Waals surface area contributed by atoms with E-state index in [0.29, 0.717) is 34.4 Å². The molecule has 0 aliphatic carbocycles. The van der Waals surface area contributed by atoms with Crippen LogP contribution in [0.25, 0.3) is 0 Å². The number of carbonyl (C=O) groups excluding carboxylic acids is 1. The zero-order chi connectivity index (χ0) is 19.8. The fourth-order valence-corrected chi connectivity index (χ4v) is 3.42. The third-order valence-corrected chi connectivity index (χ3v) is 5.55. The fraction of sp³-hybridized carbons (Fsp3) is 0.364. The Labute approximate surface area is 165 Å². The van der Waals surface area contributed by atoms with E-state index in [1.54, 1.807) is 18.2 Å². The Hall–Kier alpha value is -2.51. The van der Waals surface area contributed by atoms with Crippen LogP contribution in [0.4, 0.5) is 0 Å². The van der Waals surface area contributed by atoms with Crippen LogP contribution in [0.1, 0.15) is 55.1 Å². The number of hydrogen-bond acceptors (Lipinski definition) is 3. The van der Waals surface area contributed by atoms with Gasteiger partial charge in [-0.15, -0.1) is 0 Å². The number of amides is 1. The molecule has 1 fully saturated rings.